The number of hydrogen-bond donors (Lipinski definition) is 1. The largest absolute Gasteiger partial charge is 0.377 e. The van der Waals surface area contributed by atoms with Crippen molar-refractivity contribution in [3.63, 3.8) is 0 Å². The van der Waals surface area contributed by atoms with Gasteiger partial charge in [-0.1, -0.05) is 11.6 Å². The zero-order valence-corrected chi connectivity index (χ0v) is 12.8. The first-order chi connectivity index (χ1) is 8.49. The van der Waals surface area contributed by atoms with Gasteiger partial charge >= 0.3 is 0 Å². The first-order valence-electron chi connectivity index (χ1n) is 5.53. The molecule has 0 aliphatic carbocycles. The minimum absolute atomic E-state index is 0.606. The van der Waals surface area contributed by atoms with E-state index in [0.717, 1.165) is 32.4 Å². The maximum absolute atomic E-state index is 6.11. The number of rotatable bonds is 3. The molecule has 2 aromatic rings. The van der Waals surface area contributed by atoms with E-state index in [9.17, 15) is 0 Å². The Morgan fingerprint density at radius 3 is 2.67 bits per heavy atom. The molecule has 0 unspecified atom stereocenters. The minimum Gasteiger partial charge on any atom is -0.377 e. The van der Waals surface area contributed by atoms with E-state index in [2.05, 4.69) is 31.4 Å². The van der Waals surface area contributed by atoms with Crippen molar-refractivity contribution in [1.82, 2.24) is 14.8 Å². The van der Waals surface area contributed by atoms with Crippen LogP contribution >= 0.6 is 27.5 Å². The number of nitrogens with zero attached hydrogens (tertiary/aromatic N) is 3. The van der Waals surface area contributed by atoms with Crippen LogP contribution in [0.25, 0.3) is 0 Å². The standard InChI is InChI=1S/C12H14BrClN4/c1-7-4-9(13)11(5-10(7)14)15-6-12-17-16-8(2)18(12)3/h4-5,15H,6H2,1-3H3. The summed E-state index contributed by atoms with van der Waals surface area (Å²) in [4.78, 5) is 0. The van der Waals surface area contributed by atoms with E-state index < -0.39 is 0 Å². The van der Waals surface area contributed by atoms with Gasteiger partial charge in [0, 0.05) is 16.5 Å². The third kappa shape index (κ3) is 2.67. The van der Waals surface area contributed by atoms with Gasteiger partial charge in [0.15, 0.2) is 5.82 Å². The van der Waals surface area contributed by atoms with E-state index in [1.807, 2.05) is 37.6 Å². The van der Waals surface area contributed by atoms with E-state index in [1.54, 1.807) is 0 Å². The van der Waals surface area contributed by atoms with E-state index in [1.165, 1.54) is 0 Å². The molecule has 96 valence electrons. The summed E-state index contributed by atoms with van der Waals surface area (Å²) >= 11 is 9.62. The molecule has 0 saturated heterocycles. The third-order valence-electron chi connectivity index (χ3n) is 2.87. The summed E-state index contributed by atoms with van der Waals surface area (Å²) in [6.07, 6.45) is 0. The Morgan fingerprint density at radius 2 is 2.06 bits per heavy atom. The Hall–Kier alpha value is -1.07. The first kappa shape index (κ1) is 13.4. The molecule has 1 aromatic heterocycles. The molecule has 0 bridgehead atoms. The van der Waals surface area contributed by atoms with E-state index in [4.69, 9.17) is 11.6 Å². The van der Waals surface area contributed by atoms with Crippen LogP contribution in [0.1, 0.15) is 17.2 Å². The smallest absolute Gasteiger partial charge is 0.152 e. The summed E-state index contributed by atoms with van der Waals surface area (Å²) in [5, 5.41) is 12.2. The number of anilines is 1. The second-order valence-electron chi connectivity index (χ2n) is 4.16. The Labute approximate surface area is 119 Å². The molecule has 6 heteroatoms. The normalized spacial score (nSPS) is 10.7. The van der Waals surface area contributed by atoms with Crippen LogP contribution in [0, 0.1) is 13.8 Å². The lowest BCUT2D eigenvalue weighted by Gasteiger charge is -2.10. The van der Waals surface area contributed by atoms with E-state index in [-0.39, 0.29) is 0 Å². The Balaban J connectivity index is 2.16. The lowest BCUT2D eigenvalue weighted by atomic mass is 10.2. The van der Waals surface area contributed by atoms with Crippen LogP contribution in [0.5, 0.6) is 0 Å². The molecule has 0 atom stereocenters. The molecule has 0 amide bonds. The zero-order valence-electron chi connectivity index (χ0n) is 10.5. The van der Waals surface area contributed by atoms with Crippen molar-refractivity contribution < 1.29 is 0 Å². The van der Waals surface area contributed by atoms with E-state index in [0.29, 0.717) is 6.54 Å². The van der Waals surface area contributed by atoms with Crippen LogP contribution in [-0.4, -0.2) is 14.8 Å². The average Bonchev–Trinajstić information content (AvgIpc) is 2.63. The van der Waals surface area contributed by atoms with Crippen LogP contribution in [0.15, 0.2) is 16.6 Å². The first-order valence-corrected chi connectivity index (χ1v) is 6.70. The lowest BCUT2D eigenvalue weighted by molar-refractivity contribution is 0.789. The molecule has 0 radical (unpaired) electrons. The van der Waals surface area contributed by atoms with Crippen LogP contribution in [0.3, 0.4) is 0 Å². The predicted octanol–water partition coefficient (Wildman–Crippen LogP) is 3.46. The fourth-order valence-corrected chi connectivity index (χ4v) is 2.32. The van der Waals surface area contributed by atoms with Gasteiger partial charge in [-0.05, 0) is 47.5 Å². The van der Waals surface area contributed by atoms with Crippen LogP contribution < -0.4 is 5.32 Å². The molecule has 1 aromatic carbocycles. The molecule has 4 nitrogen and oxygen atoms in total. The molecule has 0 aliphatic heterocycles. The number of nitrogens with one attached hydrogen (secondary N) is 1. The van der Waals surface area contributed by atoms with Crippen molar-refractivity contribution in [2.75, 3.05) is 5.32 Å². The maximum atomic E-state index is 6.11. The predicted molar refractivity (Wildman–Crippen MR) is 77.0 cm³/mol. The summed E-state index contributed by atoms with van der Waals surface area (Å²) in [7, 11) is 1.95. The van der Waals surface area contributed by atoms with Crippen molar-refractivity contribution in [2.24, 2.45) is 7.05 Å². The van der Waals surface area contributed by atoms with Gasteiger partial charge in [0.2, 0.25) is 0 Å². The van der Waals surface area contributed by atoms with Crippen molar-refractivity contribution in [2.45, 2.75) is 20.4 Å². The summed E-state index contributed by atoms with van der Waals surface area (Å²) in [5.41, 5.74) is 2.00. The van der Waals surface area contributed by atoms with Crippen molar-refractivity contribution in [1.29, 1.82) is 0 Å². The molecular weight excluding hydrogens is 316 g/mol. The van der Waals surface area contributed by atoms with Gasteiger partial charge < -0.3 is 9.88 Å². The van der Waals surface area contributed by atoms with Gasteiger partial charge in [0.25, 0.3) is 0 Å². The second kappa shape index (κ2) is 5.28. The summed E-state index contributed by atoms with van der Waals surface area (Å²) in [6, 6.07) is 3.90. The van der Waals surface area contributed by atoms with Crippen molar-refractivity contribution in [3.05, 3.63) is 38.8 Å². The third-order valence-corrected chi connectivity index (χ3v) is 3.93. The molecule has 2 rings (SSSR count). The molecule has 0 aliphatic rings. The highest BCUT2D eigenvalue weighted by Crippen LogP contribution is 2.29. The van der Waals surface area contributed by atoms with Gasteiger partial charge in [-0.25, -0.2) is 0 Å². The fourth-order valence-electron chi connectivity index (χ4n) is 1.56. The van der Waals surface area contributed by atoms with Gasteiger partial charge in [-0.2, -0.15) is 0 Å². The average molecular weight is 330 g/mol. The Kier molecular flexibility index (Phi) is 3.92. The SMILES string of the molecule is Cc1cc(Br)c(NCc2nnc(C)n2C)cc1Cl. The van der Waals surface area contributed by atoms with Gasteiger partial charge in [0.05, 0.1) is 12.2 Å². The summed E-state index contributed by atoms with van der Waals surface area (Å²) < 4.78 is 2.94. The monoisotopic (exact) mass is 328 g/mol. The highest BCUT2D eigenvalue weighted by atomic mass is 79.9. The molecule has 1 heterocycles. The van der Waals surface area contributed by atoms with Gasteiger partial charge in [-0.3, -0.25) is 0 Å². The number of aryl methyl sites for hydroxylation is 2. The molecule has 0 saturated carbocycles. The molecular formula is C12H14BrClN4. The Morgan fingerprint density at radius 1 is 1.33 bits per heavy atom. The Bertz CT molecular complexity index is 580. The molecule has 18 heavy (non-hydrogen) atoms. The van der Waals surface area contributed by atoms with Crippen LogP contribution in [0.4, 0.5) is 5.69 Å². The summed E-state index contributed by atoms with van der Waals surface area (Å²) in [6.45, 7) is 4.51. The van der Waals surface area contributed by atoms with E-state index >= 15 is 0 Å². The van der Waals surface area contributed by atoms with Gasteiger partial charge in [-0.15, -0.1) is 10.2 Å². The highest BCUT2D eigenvalue weighted by Gasteiger charge is 2.07. The number of halogens is 2. The lowest BCUT2D eigenvalue weighted by Crippen LogP contribution is -2.07. The van der Waals surface area contributed by atoms with Crippen LogP contribution in [0.2, 0.25) is 5.02 Å². The molecule has 0 fully saturated rings. The quantitative estimate of drug-likeness (QED) is 0.937. The molecule has 1 N–H and O–H groups in total. The maximum Gasteiger partial charge on any atom is 0.152 e. The molecule has 0 spiro atoms. The number of hydrogen-bond acceptors (Lipinski definition) is 3. The van der Waals surface area contributed by atoms with Crippen LogP contribution in [-0.2, 0) is 13.6 Å². The highest BCUT2D eigenvalue weighted by molar-refractivity contribution is 9.10. The second-order valence-corrected chi connectivity index (χ2v) is 5.42. The van der Waals surface area contributed by atoms with Crippen molar-refractivity contribution >= 4 is 33.2 Å². The minimum atomic E-state index is 0.606. The topological polar surface area (TPSA) is 42.7 Å². The van der Waals surface area contributed by atoms with Gasteiger partial charge in [0.1, 0.15) is 5.82 Å². The summed E-state index contributed by atoms with van der Waals surface area (Å²) in [5.74, 6) is 1.78. The fraction of sp³-hybridized carbons (Fsp3) is 0.333. The number of benzene rings is 1. The number of aromatic nitrogens is 3. The zero-order chi connectivity index (χ0) is 13.3. The van der Waals surface area contributed by atoms with Crippen molar-refractivity contribution in [3.8, 4) is 0 Å².